The molecular formula is C19H24BrNO4. The van der Waals surface area contributed by atoms with Crippen LogP contribution in [0.25, 0.3) is 0 Å². The summed E-state index contributed by atoms with van der Waals surface area (Å²) in [6.45, 7) is 8.50. The number of Topliss-reactive ketones (excluding diaryl/α,β-unsaturated/α-hetero) is 1. The SMILES string of the molecule is CCc1cc(Br)cc2c1O[C@@]1(CCN(C(=O)OC(C)(C)C)C1)CC2=O. The molecule has 1 aromatic carbocycles. The summed E-state index contributed by atoms with van der Waals surface area (Å²) in [6, 6.07) is 3.82. The lowest BCUT2D eigenvalue weighted by Gasteiger charge is -2.36. The van der Waals surface area contributed by atoms with Crippen LogP contribution in [0.4, 0.5) is 4.79 Å². The van der Waals surface area contributed by atoms with E-state index in [1.165, 1.54) is 0 Å². The standard InChI is InChI=1S/C19H24BrNO4/c1-5-12-8-13(20)9-14-15(22)10-19(24-16(12)14)6-7-21(11-19)17(23)25-18(2,3)4/h8-9H,5-7,10-11H2,1-4H3/t19-/m0/s1. The first-order valence-electron chi connectivity index (χ1n) is 8.65. The lowest BCUT2D eigenvalue weighted by Crippen LogP contribution is -2.46. The molecule has 1 fully saturated rings. The summed E-state index contributed by atoms with van der Waals surface area (Å²) in [5.74, 6) is 0.747. The number of ketones is 1. The van der Waals surface area contributed by atoms with E-state index >= 15 is 0 Å². The Balaban J connectivity index is 1.84. The van der Waals surface area contributed by atoms with Crippen LogP contribution in [-0.4, -0.2) is 41.1 Å². The van der Waals surface area contributed by atoms with Crippen molar-refractivity contribution in [2.45, 2.75) is 58.2 Å². The molecule has 6 heteroatoms. The van der Waals surface area contributed by atoms with Crippen LogP contribution in [0.2, 0.25) is 0 Å². The monoisotopic (exact) mass is 409 g/mol. The molecule has 2 heterocycles. The van der Waals surface area contributed by atoms with E-state index < -0.39 is 11.2 Å². The highest BCUT2D eigenvalue weighted by Gasteiger charge is 2.48. The number of fused-ring (bicyclic) bond motifs is 1. The number of halogens is 1. The summed E-state index contributed by atoms with van der Waals surface area (Å²) in [6.07, 6.45) is 1.36. The lowest BCUT2D eigenvalue weighted by molar-refractivity contribution is 0.0169. The zero-order chi connectivity index (χ0) is 18.4. The number of nitrogens with zero attached hydrogens (tertiary/aromatic N) is 1. The Hall–Kier alpha value is -1.56. The second kappa shape index (κ2) is 6.31. The minimum Gasteiger partial charge on any atom is -0.484 e. The normalized spacial score (nSPS) is 22.8. The van der Waals surface area contributed by atoms with Crippen molar-refractivity contribution in [1.29, 1.82) is 0 Å². The van der Waals surface area contributed by atoms with E-state index in [1.807, 2.05) is 39.8 Å². The molecule has 0 aliphatic carbocycles. The third-order valence-corrected chi connectivity index (χ3v) is 5.04. The van der Waals surface area contributed by atoms with Gasteiger partial charge in [0.25, 0.3) is 0 Å². The molecule has 25 heavy (non-hydrogen) atoms. The molecule has 0 N–H and O–H groups in total. The van der Waals surface area contributed by atoms with Gasteiger partial charge in [-0.25, -0.2) is 4.79 Å². The maximum absolute atomic E-state index is 12.7. The van der Waals surface area contributed by atoms with Crippen LogP contribution >= 0.6 is 15.9 Å². The average molecular weight is 410 g/mol. The topological polar surface area (TPSA) is 55.8 Å². The molecule has 2 aliphatic rings. The molecule has 1 saturated heterocycles. The molecule has 2 aliphatic heterocycles. The van der Waals surface area contributed by atoms with Gasteiger partial charge in [0.15, 0.2) is 5.78 Å². The van der Waals surface area contributed by atoms with Crippen molar-refractivity contribution in [3.05, 3.63) is 27.7 Å². The molecule has 0 radical (unpaired) electrons. The molecule has 0 saturated carbocycles. The highest BCUT2D eigenvalue weighted by molar-refractivity contribution is 9.10. The first kappa shape index (κ1) is 18.2. The summed E-state index contributed by atoms with van der Waals surface area (Å²) < 4.78 is 12.7. The molecule has 0 unspecified atom stereocenters. The third-order valence-electron chi connectivity index (χ3n) is 4.58. The number of benzene rings is 1. The maximum atomic E-state index is 12.7. The van der Waals surface area contributed by atoms with E-state index in [4.69, 9.17) is 9.47 Å². The van der Waals surface area contributed by atoms with E-state index in [0.717, 1.165) is 16.5 Å². The zero-order valence-corrected chi connectivity index (χ0v) is 16.7. The van der Waals surface area contributed by atoms with Crippen molar-refractivity contribution < 1.29 is 19.1 Å². The van der Waals surface area contributed by atoms with Crippen LogP contribution in [0, 0.1) is 0 Å². The number of aryl methyl sites for hydroxylation is 1. The molecular weight excluding hydrogens is 386 g/mol. The molecule has 1 spiro atoms. The van der Waals surface area contributed by atoms with Crippen LogP contribution in [0.15, 0.2) is 16.6 Å². The largest absolute Gasteiger partial charge is 0.484 e. The second-order valence-corrected chi connectivity index (χ2v) is 8.75. The van der Waals surface area contributed by atoms with Crippen molar-refractivity contribution >= 4 is 27.8 Å². The Morgan fingerprint density at radius 3 is 2.76 bits per heavy atom. The van der Waals surface area contributed by atoms with E-state index in [0.29, 0.717) is 37.2 Å². The quantitative estimate of drug-likeness (QED) is 0.691. The van der Waals surface area contributed by atoms with Gasteiger partial charge in [0.2, 0.25) is 0 Å². The van der Waals surface area contributed by atoms with Crippen LogP contribution < -0.4 is 4.74 Å². The van der Waals surface area contributed by atoms with Gasteiger partial charge in [0.1, 0.15) is 17.0 Å². The number of carbonyl (C=O) groups excluding carboxylic acids is 2. The first-order chi connectivity index (χ1) is 11.6. The van der Waals surface area contributed by atoms with Gasteiger partial charge in [-0.15, -0.1) is 0 Å². The fourth-order valence-electron chi connectivity index (χ4n) is 3.44. The van der Waals surface area contributed by atoms with E-state index in [1.54, 1.807) is 4.90 Å². The van der Waals surface area contributed by atoms with Crippen LogP contribution in [0.1, 0.15) is 56.5 Å². The molecule has 136 valence electrons. The molecule has 1 amide bonds. The molecule has 0 bridgehead atoms. The molecule has 5 nitrogen and oxygen atoms in total. The van der Waals surface area contributed by atoms with E-state index in [9.17, 15) is 9.59 Å². The van der Waals surface area contributed by atoms with Gasteiger partial charge in [0.05, 0.1) is 18.5 Å². The number of likely N-dealkylation sites (tertiary alicyclic amines) is 1. The van der Waals surface area contributed by atoms with Crippen LogP contribution in [0.3, 0.4) is 0 Å². The molecule has 3 rings (SSSR count). The fourth-order valence-corrected chi connectivity index (χ4v) is 3.94. The smallest absolute Gasteiger partial charge is 0.410 e. The Bertz CT molecular complexity index is 725. The predicted molar refractivity (Wildman–Crippen MR) is 98.3 cm³/mol. The van der Waals surface area contributed by atoms with Gasteiger partial charge in [-0.05, 0) is 44.9 Å². The highest BCUT2D eigenvalue weighted by atomic mass is 79.9. The Morgan fingerprint density at radius 2 is 2.12 bits per heavy atom. The van der Waals surface area contributed by atoms with Crippen molar-refractivity contribution in [2.24, 2.45) is 0 Å². The maximum Gasteiger partial charge on any atom is 0.410 e. The average Bonchev–Trinajstić information content (AvgIpc) is 2.89. The number of hydrogen-bond acceptors (Lipinski definition) is 4. The zero-order valence-electron chi connectivity index (χ0n) is 15.1. The van der Waals surface area contributed by atoms with E-state index in [-0.39, 0.29) is 11.9 Å². The van der Waals surface area contributed by atoms with Gasteiger partial charge < -0.3 is 14.4 Å². The van der Waals surface area contributed by atoms with Crippen molar-refractivity contribution in [2.75, 3.05) is 13.1 Å². The summed E-state index contributed by atoms with van der Waals surface area (Å²) in [7, 11) is 0. The Morgan fingerprint density at radius 1 is 1.40 bits per heavy atom. The number of amides is 1. The van der Waals surface area contributed by atoms with Gasteiger partial charge in [-0.1, -0.05) is 22.9 Å². The number of ether oxygens (including phenoxy) is 2. The first-order valence-corrected chi connectivity index (χ1v) is 9.44. The number of hydrogen-bond donors (Lipinski definition) is 0. The number of rotatable bonds is 1. The molecule has 1 atom stereocenters. The van der Waals surface area contributed by atoms with Crippen molar-refractivity contribution in [1.82, 2.24) is 4.90 Å². The summed E-state index contributed by atoms with van der Waals surface area (Å²) in [5.41, 5.74) is 0.461. The Kier molecular flexibility index (Phi) is 4.60. The highest BCUT2D eigenvalue weighted by Crippen LogP contribution is 2.42. The van der Waals surface area contributed by atoms with Gasteiger partial charge in [-0.3, -0.25) is 4.79 Å². The minimum absolute atomic E-state index is 0.0725. The molecule has 1 aromatic rings. The van der Waals surface area contributed by atoms with Crippen LogP contribution in [-0.2, 0) is 11.2 Å². The summed E-state index contributed by atoms with van der Waals surface area (Å²) in [4.78, 5) is 26.7. The molecule has 0 aromatic heterocycles. The minimum atomic E-state index is -0.640. The predicted octanol–water partition coefficient (Wildman–Crippen LogP) is 4.36. The van der Waals surface area contributed by atoms with Gasteiger partial charge in [-0.2, -0.15) is 0 Å². The lowest BCUT2D eigenvalue weighted by atomic mass is 9.88. The summed E-state index contributed by atoms with van der Waals surface area (Å²) >= 11 is 3.46. The van der Waals surface area contributed by atoms with E-state index in [2.05, 4.69) is 15.9 Å². The van der Waals surface area contributed by atoms with Crippen molar-refractivity contribution in [3.8, 4) is 5.75 Å². The second-order valence-electron chi connectivity index (χ2n) is 7.83. The Labute approximate surface area is 156 Å². The van der Waals surface area contributed by atoms with Crippen molar-refractivity contribution in [3.63, 3.8) is 0 Å². The number of carbonyl (C=O) groups is 2. The fraction of sp³-hybridized carbons (Fsp3) is 0.579. The van der Waals surface area contributed by atoms with Crippen LogP contribution in [0.5, 0.6) is 5.75 Å². The van der Waals surface area contributed by atoms with Gasteiger partial charge >= 0.3 is 6.09 Å². The summed E-state index contributed by atoms with van der Waals surface area (Å²) in [5, 5.41) is 0. The third kappa shape index (κ3) is 3.68. The van der Waals surface area contributed by atoms with Gasteiger partial charge in [0, 0.05) is 17.4 Å².